The fourth-order valence-corrected chi connectivity index (χ4v) is 5.72. The summed E-state index contributed by atoms with van der Waals surface area (Å²) in [6.07, 6.45) is 4.54. The maximum absolute atomic E-state index is 14.2. The number of methoxy groups -OCH3 is 1. The Balaban J connectivity index is 1.78. The predicted octanol–water partition coefficient (Wildman–Crippen LogP) is 5.45. The largest absolute Gasteiger partial charge is 0.471 e. The molecule has 3 amide bonds. The molecule has 1 unspecified atom stereocenters. The summed E-state index contributed by atoms with van der Waals surface area (Å²) in [4.78, 5) is 42.9. The van der Waals surface area contributed by atoms with Gasteiger partial charge in [0.25, 0.3) is 11.8 Å². The number of nitrogens with zero attached hydrogens (tertiary/aromatic N) is 2. The monoisotopic (exact) mass is 557 g/mol. The number of carbonyl (C=O) groups is 3. The van der Waals surface area contributed by atoms with Gasteiger partial charge in [-0.2, -0.15) is 0 Å². The van der Waals surface area contributed by atoms with Gasteiger partial charge in [0.15, 0.2) is 0 Å². The quantitative estimate of drug-likeness (QED) is 0.489. The lowest BCUT2D eigenvalue weighted by molar-refractivity contribution is -0.135. The zero-order chi connectivity index (χ0) is 29.2. The van der Waals surface area contributed by atoms with Crippen molar-refractivity contribution in [2.45, 2.75) is 77.5 Å². The first-order valence-corrected chi connectivity index (χ1v) is 13.7. The van der Waals surface area contributed by atoms with E-state index in [1.54, 1.807) is 19.1 Å². The minimum absolute atomic E-state index is 0.00485. The highest BCUT2D eigenvalue weighted by molar-refractivity contribution is 6.05. The van der Waals surface area contributed by atoms with Gasteiger partial charge in [-0.15, -0.1) is 0 Å². The smallest absolute Gasteiger partial charge is 0.406 e. The Labute approximate surface area is 233 Å². The molecule has 8 nitrogen and oxygen atoms in total. The number of ether oxygens (including phenoxy) is 2. The maximum atomic E-state index is 14.2. The molecule has 1 saturated carbocycles. The van der Waals surface area contributed by atoms with E-state index in [2.05, 4.69) is 10.1 Å². The van der Waals surface area contributed by atoms with Crippen molar-refractivity contribution in [3.63, 3.8) is 0 Å². The van der Waals surface area contributed by atoms with Gasteiger partial charge in [0.2, 0.25) is 5.60 Å². The van der Waals surface area contributed by atoms with Gasteiger partial charge in [-0.05, 0) is 70.4 Å². The lowest BCUT2D eigenvalue weighted by Crippen LogP contribution is -2.54. The maximum Gasteiger partial charge on any atom is 0.406 e. The molecule has 0 saturated heterocycles. The van der Waals surface area contributed by atoms with Crippen molar-refractivity contribution in [3.05, 3.63) is 58.7 Å². The van der Waals surface area contributed by atoms with E-state index in [1.165, 1.54) is 18.9 Å². The number of nitrogens with one attached hydrogen (secondary N) is 1. The minimum atomic E-state index is -1.76. The van der Waals surface area contributed by atoms with E-state index in [9.17, 15) is 23.2 Å². The number of hydrogen-bond donors (Lipinski definition) is 1. The second-order valence-corrected chi connectivity index (χ2v) is 10.9. The highest BCUT2D eigenvalue weighted by Gasteiger charge is 2.47. The van der Waals surface area contributed by atoms with Crippen LogP contribution >= 0.6 is 0 Å². The molecular weight excluding hydrogens is 520 g/mol. The molecule has 4 rings (SSSR count). The number of rotatable bonds is 7. The molecule has 1 aliphatic carbocycles. The third-order valence-electron chi connectivity index (χ3n) is 7.76. The predicted molar refractivity (Wildman–Crippen MR) is 146 cm³/mol. The molecule has 2 aliphatic rings. The SMILES string of the molecule is COC(=O)NCCN1C(=O)C(C)(c2cc(F)cc(F)c2)Oc2cc(C)c(C(=O)N(C(C)C)C3CCCCC3)cc21. The highest BCUT2D eigenvalue weighted by atomic mass is 19.1. The number of amides is 3. The Morgan fingerprint density at radius 1 is 1.12 bits per heavy atom. The number of benzene rings is 2. The van der Waals surface area contributed by atoms with Crippen molar-refractivity contribution in [2.24, 2.45) is 0 Å². The van der Waals surface area contributed by atoms with Gasteiger partial charge in [-0.3, -0.25) is 9.59 Å². The summed E-state index contributed by atoms with van der Waals surface area (Å²) < 4.78 is 39.2. The summed E-state index contributed by atoms with van der Waals surface area (Å²) in [6.45, 7) is 7.29. The molecule has 2 aromatic carbocycles. The number of alkyl carbamates (subject to hydrolysis) is 1. The summed E-state index contributed by atoms with van der Waals surface area (Å²) in [6, 6.07) is 6.30. The van der Waals surface area contributed by atoms with Gasteiger partial charge in [-0.1, -0.05) is 19.3 Å². The fraction of sp³-hybridized carbons (Fsp3) is 0.500. The van der Waals surface area contributed by atoms with E-state index in [0.717, 1.165) is 50.3 Å². The molecule has 1 aliphatic heterocycles. The first-order chi connectivity index (χ1) is 19.0. The van der Waals surface area contributed by atoms with Crippen LogP contribution in [0.25, 0.3) is 0 Å². The molecule has 1 N–H and O–H groups in total. The van der Waals surface area contributed by atoms with Crippen molar-refractivity contribution in [1.29, 1.82) is 0 Å². The lowest BCUT2D eigenvalue weighted by atomic mass is 9.90. The molecule has 0 spiro atoms. The van der Waals surface area contributed by atoms with Gasteiger partial charge in [-0.25, -0.2) is 13.6 Å². The average molecular weight is 558 g/mol. The Hall–Kier alpha value is -3.69. The summed E-state index contributed by atoms with van der Waals surface area (Å²) in [7, 11) is 1.23. The third-order valence-corrected chi connectivity index (χ3v) is 7.76. The second-order valence-electron chi connectivity index (χ2n) is 10.9. The van der Waals surface area contributed by atoms with Crippen LogP contribution in [-0.4, -0.2) is 55.1 Å². The molecule has 0 aromatic heterocycles. The topological polar surface area (TPSA) is 88.2 Å². The minimum Gasteiger partial charge on any atom is -0.471 e. The Morgan fingerprint density at radius 3 is 2.38 bits per heavy atom. The van der Waals surface area contributed by atoms with Crippen LogP contribution in [0.5, 0.6) is 5.75 Å². The Bertz CT molecular complexity index is 1270. The molecule has 40 heavy (non-hydrogen) atoms. The van der Waals surface area contributed by atoms with Crippen molar-refractivity contribution < 1.29 is 32.6 Å². The van der Waals surface area contributed by atoms with E-state index in [-0.39, 0.29) is 42.4 Å². The standard InChI is InChI=1S/C30H37F2N3O5/c1-18(2)35(23-9-7-6-8-10-23)27(36)24-17-25-26(13-19(24)3)40-30(4,20-14-21(31)16-22(32)15-20)28(37)34(25)12-11-33-29(38)39-5/h13-18,23H,6-12H2,1-5H3,(H,33,38). The normalized spacial score (nSPS) is 19.2. The van der Waals surface area contributed by atoms with Crippen LogP contribution in [0.4, 0.5) is 19.3 Å². The number of carbonyl (C=O) groups excluding carboxylic acids is 3. The van der Waals surface area contributed by atoms with Crippen molar-refractivity contribution in [1.82, 2.24) is 10.2 Å². The molecule has 0 radical (unpaired) electrons. The van der Waals surface area contributed by atoms with E-state index in [4.69, 9.17) is 4.74 Å². The van der Waals surface area contributed by atoms with Gasteiger partial charge in [0.05, 0.1) is 12.8 Å². The fourth-order valence-electron chi connectivity index (χ4n) is 5.72. The van der Waals surface area contributed by atoms with Crippen molar-refractivity contribution in [2.75, 3.05) is 25.1 Å². The van der Waals surface area contributed by atoms with Crippen molar-refractivity contribution >= 4 is 23.6 Å². The van der Waals surface area contributed by atoms with Crippen molar-refractivity contribution in [3.8, 4) is 5.75 Å². The first-order valence-electron chi connectivity index (χ1n) is 13.7. The van der Waals surface area contributed by atoms with Crippen LogP contribution in [-0.2, 0) is 15.1 Å². The Kier molecular flexibility index (Phi) is 8.65. The first kappa shape index (κ1) is 29.3. The second kappa shape index (κ2) is 11.8. The number of fused-ring (bicyclic) bond motifs is 1. The lowest BCUT2D eigenvalue weighted by Gasteiger charge is -2.42. The van der Waals surface area contributed by atoms with Gasteiger partial charge in [0, 0.05) is 42.4 Å². The molecule has 1 atom stereocenters. The van der Waals surface area contributed by atoms with Crippen LogP contribution in [0.2, 0.25) is 0 Å². The average Bonchev–Trinajstić information content (AvgIpc) is 2.90. The molecule has 10 heteroatoms. The van der Waals surface area contributed by atoms with E-state index < -0.39 is 29.2 Å². The molecule has 0 bridgehead atoms. The molecule has 1 fully saturated rings. The molecule has 2 aromatic rings. The van der Waals surface area contributed by atoms with Crippen LogP contribution < -0.4 is 15.0 Å². The number of anilines is 1. The van der Waals surface area contributed by atoms with Crippen LogP contribution in [0.15, 0.2) is 30.3 Å². The van der Waals surface area contributed by atoms with Crippen LogP contribution in [0, 0.1) is 18.6 Å². The summed E-state index contributed by atoms with van der Waals surface area (Å²) >= 11 is 0. The molecule has 1 heterocycles. The summed E-state index contributed by atoms with van der Waals surface area (Å²) in [5.74, 6) is -2.11. The van der Waals surface area contributed by atoms with E-state index >= 15 is 0 Å². The van der Waals surface area contributed by atoms with E-state index in [1.807, 2.05) is 18.7 Å². The molecule has 216 valence electrons. The number of halogens is 2. The van der Waals surface area contributed by atoms with Gasteiger partial charge >= 0.3 is 6.09 Å². The zero-order valence-corrected chi connectivity index (χ0v) is 23.7. The van der Waals surface area contributed by atoms with Crippen LogP contribution in [0.1, 0.15) is 74.4 Å². The highest BCUT2D eigenvalue weighted by Crippen LogP contribution is 2.44. The summed E-state index contributed by atoms with van der Waals surface area (Å²) in [5.41, 5.74) is -0.314. The Morgan fingerprint density at radius 2 is 1.77 bits per heavy atom. The van der Waals surface area contributed by atoms with Gasteiger partial charge < -0.3 is 24.6 Å². The molecular formula is C30H37F2N3O5. The third kappa shape index (κ3) is 5.76. The van der Waals surface area contributed by atoms with E-state index in [0.29, 0.717) is 16.8 Å². The van der Waals surface area contributed by atoms with Gasteiger partial charge in [0.1, 0.15) is 17.4 Å². The number of aryl methyl sites for hydroxylation is 1. The van der Waals surface area contributed by atoms with Crippen LogP contribution in [0.3, 0.4) is 0 Å². The number of hydrogen-bond acceptors (Lipinski definition) is 5. The summed E-state index contributed by atoms with van der Waals surface area (Å²) in [5, 5.41) is 2.55. The zero-order valence-electron chi connectivity index (χ0n) is 23.7.